The molecule has 0 radical (unpaired) electrons. The lowest BCUT2D eigenvalue weighted by Gasteiger charge is -2.43. The SMILES string of the molecule is OCc1ncnn1C1CCOC2(CCCCC2)C1. The Morgan fingerprint density at radius 2 is 2.22 bits per heavy atom. The van der Waals surface area contributed by atoms with Gasteiger partial charge in [-0.3, -0.25) is 0 Å². The fourth-order valence-corrected chi connectivity index (χ4v) is 3.45. The molecule has 1 unspecified atom stereocenters. The number of nitrogens with zero attached hydrogens (tertiary/aromatic N) is 3. The van der Waals surface area contributed by atoms with Gasteiger partial charge in [0.15, 0.2) is 5.82 Å². The molecule has 1 spiro atoms. The Morgan fingerprint density at radius 3 is 3.00 bits per heavy atom. The molecule has 1 aromatic rings. The fraction of sp³-hybridized carbons (Fsp3) is 0.846. The number of aromatic nitrogens is 3. The molecular weight excluding hydrogens is 230 g/mol. The Balaban J connectivity index is 1.77. The number of aliphatic hydroxyl groups is 1. The molecule has 0 amide bonds. The molecule has 1 aliphatic heterocycles. The lowest BCUT2D eigenvalue weighted by molar-refractivity contribution is -0.116. The Morgan fingerprint density at radius 1 is 1.39 bits per heavy atom. The third-order valence-corrected chi connectivity index (χ3v) is 4.37. The zero-order valence-corrected chi connectivity index (χ0v) is 10.7. The van der Waals surface area contributed by atoms with Gasteiger partial charge < -0.3 is 9.84 Å². The average molecular weight is 251 g/mol. The van der Waals surface area contributed by atoms with Crippen LogP contribution in [0.15, 0.2) is 6.33 Å². The van der Waals surface area contributed by atoms with E-state index in [9.17, 15) is 5.11 Å². The Bertz CT molecular complexity index is 393. The number of aliphatic hydroxyl groups excluding tert-OH is 1. The molecule has 1 N–H and O–H groups in total. The summed E-state index contributed by atoms with van der Waals surface area (Å²) >= 11 is 0. The standard InChI is InChI=1S/C13H21N3O2/c17-9-12-14-10-15-16(12)11-4-7-18-13(8-11)5-2-1-3-6-13/h10-11,17H,1-9H2. The van der Waals surface area contributed by atoms with Crippen molar-refractivity contribution in [1.29, 1.82) is 0 Å². The molecule has 3 rings (SSSR count). The van der Waals surface area contributed by atoms with Crippen LogP contribution in [-0.4, -0.2) is 32.1 Å². The average Bonchev–Trinajstić information content (AvgIpc) is 2.88. The molecule has 2 fully saturated rings. The highest BCUT2D eigenvalue weighted by atomic mass is 16.5. The minimum Gasteiger partial charge on any atom is -0.388 e. The van der Waals surface area contributed by atoms with Crippen molar-refractivity contribution in [3.8, 4) is 0 Å². The smallest absolute Gasteiger partial charge is 0.152 e. The number of rotatable bonds is 2. The molecule has 5 heteroatoms. The normalized spacial score (nSPS) is 27.5. The molecule has 100 valence electrons. The Kier molecular flexibility index (Phi) is 3.35. The number of hydrogen-bond donors (Lipinski definition) is 1. The van der Waals surface area contributed by atoms with Crippen molar-refractivity contribution < 1.29 is 9.84 Å². The van der Waals surface area contributed by atoms with E-state index < -0.39 is 0 Å². The van der Waals surface area contributed by atoms with E-state index in [-0.39, 0.29) is 12.2 Å². The molecule has 1 saturated carbocycles. The predicted molar refractivity (Wildman–Crippen MR) is 66.0 cm³/mol. The summed E-state index contributed by atoms with van der Waals surface area (Å²) in [6.45, 7) is 0.764. The first-order chi connectivity index (χ1) is 8.83. The first-order valence-electron chi connectivity index (χ1n) is 6.96. The van der Waals surface area contributed by atoms with Crippen molar-refractivity contribution in [1.82, 2.24) is 14.8 Å². The van der Waals surface area contributed by atoms with E-state index in [2.05, 4.69) is 10.1 Å². The predicted octanol–water partition coefficient (Wildman–Crippen LogP) is 1.82. The van der Waals surface area contributed by atoms with Gasteiger partial charge in [0, 0.05) is 6.61 Å². The van der Waals surface area contributed by atoms with Gasteiger partial charge in [0.05, 0.1) is 11.6 Å². The third kappa shape index (κ3) is 2.17. The molecule has 5 nitrogen and oxygen atoms in total. The minimum atomic E-state index is -0.0373. The van der Waals surface area contributed by atoms with Gasteiger partial charge in [-0.2, -0.15) is 5.10 Å². The highest BCUT2D eigenvalue weighted by molar-refractivity contribution is 4.94. The first kappa shape index (κ1) is 12.1. The van der Waals surface area contributed by atoms with Crippen LogP contribution < -0.4 is 0 Å². The van der Waals surface area contributed by atoms with Crippen LogP contribution in [0, 0.1) is 0 Å². The molecule has 1 aliphatic carbocycles. The molecule has 18 heavy (non-hydrogen) atoms. The van der Waals surface area contributed by atoms with Gasteiger partial charge in [0.25, 0.3) is 0 Å². The molecule has 2 heterocycles. The van der Waals surface area contributed by atoms with Gasteiger partial charge in [-0.15, -0.1) is 0 Å². The third-order valence-electron chi connectivity index (χ3n) is 4.37. The van der Waals surface area contributed by atoms with E-state index in [1.807, 2.05) is 4.68 Å². The summed E-state index contributed by atoms with van der Waals surface area (Å²) in [6, 6.07) is 0.335. The second-order valence-corrected chi connectivity index (χ2v) is 5.52. The number of ether oxygens (including phenoxy) is 1. The molecule has 0 aromatic carbocycles. The molecule has 1 aromatic heterocycles. The highest BCUT2D eigenvalue weighted by Gasteiger charge is 2.39. The second-order valence-electron chi connectivity index (χ2n) is 5.52. The molecule has 2 aliphatic rings. The Hall–Kier alpha value is -0.940. The van der Waals surface area contributed by atoms with Crippen molar-refractivity contribution in [3.63, 3.8) is 0 Å². The van der Waals surface area contributed by atoms with Crippen LogP contribution in [0.3, 0.4) is 0 Å². The van der Waals surface area contributed by atoms with Gasteiger partial charge in [-0.25, -0.2) is 9.67 Å². The van der Waals surface area contributed by atoms with Crippen molar-refractivity contribution >= 4 is 0 Å². The van der Waals surface area contributed by atoms with E-state index in [0.29, 0.717) is 11.9 Å². The van der Waals surface area contributed by atoms with Crippen LogP contribution in [-0.2, 0) is 11.3 Å². The summed E-state index contributed by atoms with van der Waals surface area (Å²) in [5, 5.41) is 13.6. The van der Waals surface area contributed by atoms with Crippen LogP contribution in [0.25, 0.3) is 0 Å². The van der Waals surface area contributed by atoms with Gasteiger partial charge in [0.2, 0.25) is 0 Å². The lowest BCUT2D eigenvalue weighted by Crippen LogP contribution is -2.42. The molecular formula is C13H21N3O2. The van der Waals surface area contributed by atoms with Gasteiger partial charge >= 0.3 is 0 Å². The summed E-state index contributed by atoms with van der Waals surface area (Å²) < 4.78 is 7.99. The largest absolute Gasteiger partial charge is 0.388 e. The zero-order chi connectivity index (χ0) is 12.4. The maximum atomic E-state index is 9.29. The lowest BCUT2D eigenvalue weighted by atomic mass is 9.78. The van der Waals surface area contributed by atoms with Crippen LogP contribution in [0.4, 0.5) is 0 Å². The summed E-state index contributed by atoms with van der Waals surface area (Å²) in [5.74, 6) is 0.674. The van der Waals surface area contributed by atoms with Gasteiger partial charge in [0.1, 0.15) is 12.9 Å². The van der Waals surface area contributed by atoms with Crippen molar-refractivity contribution in [2.45, 2.75) is 63.2 Å². The van der Waals surface area contributed by atoms with Crippen LogP contribution in [0.2, 0.25) is 0 Å². The molecule has 1 saturated heterocycles. The topological polar surface area (TPSA) is 60.2 Å². The van der Waals surface area contributed by atoms with Crippen LogP contribution in [0.5, 0.6) is 0 Å². The fourth-order valence-electron chi connectivity index (χ4n) is 3.45. The highest BCUT2D eigenvalue weighted by Crippen LogP contribution is 2.42. The van der Waals surface area contributed by atoms with Gasteiger partial charge in [-0.1, -0.05) is 19.3 Å². The van der Waals surface area contributed by atoms with Gasteiger partial charge in [-0.05, 0) is 25.7 Å². The van der Waals surface area contributed by atoms with E-state index in [4.69, 9.17) is 4.74 Å². The minimum absolute atomic E-state index is 0.0373. The Labute approximate surface area is 107 Å². The quantitative estimate of drug-likeness (QED) is 0.871. The van der Waals surface area contributed by atoms with Crippen molar-refractivity contribution in [3.05, 3.63) is 12.2 Å². The maximum Gasteiger partial charge on any atom is 0.152 e. The summed E-state index contributed by atoms with van der Waals surface area (Å²) in [7, 11) is 0. The van der Waals surface area contributed by atoms with Crippen LogP contribution in [0.1, 0.15) is 56.8 Å². The van der Waals surface area contributed by atoms with E-state index >= 15 is 0 Å². The second kappa shape index (κ2) is 4.97. The summed E-state index contributed by atoms with van der Waals surface area (Å²) in [6.07, 6.45) is 9.75. The van der Waals surface area contributed by atoms with E-state index in [0.717, 1.165) is 19.4 Å². The summed E-state index contributed by atoms with van der Waals surface area (Å²) in [4.78, 5) is 4.10. The monoisotopic (exact) mass is 251 g/mol. The van der Waals surface area contributed by atoms with Crippen molar-refractivity contribution in [2.75, 3.05) is 6.61 Å². The first-order valence-corrected chi connectivity index (χ1v) is 6.96. The summed E-state index contributed by atoms with van der Waals surface area (Å²) in [5.41, 5.74) is 0.0693. The maximum absolute atomic E-state index is 9.29. The molecule has 1 atom stereocenters. The zero-order valence-electron chi connectivity index (χ0n) is 10.7. The number of hydrogen-bond acceptors (Lipinski definition) is 4. The van der Waals surface area contributed by atoms with E-state index in [1.165, 1.54) is 38.4 Å². The van der Waals surface area contributed by atoms with Crippen molar-refractivity contribution in [2.24, 2.45) is 0 Å². The molecule has 0 bridgehead atoms. The van der Waals surface area contributed by atoms with Crippen LogP contribution >= 0.6 is 0 Å². The van der Waals surface area contributed by atoms with E-state index in [1.54, 1.807) is 0 Å².